The molecule has 1 aromatic rings. The summed E-state index contributed by atoms with van der Waals surface area (Å²) in [6.07, 6.45) is -0.198. The average Bonchev–Trinajstić information content (AvgIpc) is 2.92. The summed E-state index contributed by atoms with van der Waals surface area (Å²) < 4.78 is 73.5. The van der Waals surface area contributed by atoms with Crippen LogP contribution in [0.15, 0.2) is 40.8 Å². The molecule has 0 aliphatic carbocycles. The minimum atomic E-state index is -9.94. The highest BCUT2D eigenvalue weighted by Crippen LogP contribution is 3.02. The maximum Gasteiger partial charge on any atom is 0.327 e. The number of aryl methyl sites for hydroxylation is 1. The molecule has 0 radical (unpaired) electrons. The molecule has 0 amide bonds. The molecule has 0 aromatic heterocycles. The molecule has 0 saturated carbocycles. The van der Waals surface area contributed by atoms with Crippen molar-refractivity contribution in [1.82, 2.24) is 4.90 Å². The summed E-state index contributed by atoms with van der Waals surface area (Å²) in [6, 6.07) is 7.08. The van der Waals surface area contributed by atoms with Gasteiger partial charge in [0.2, 0.25) is 0 Å². The Balaban J connectivity index is 2.56. The zero-order valence-corrected chi connectivity index (χ0v) is 16.5. The molecule has 1 aliphatic heterocycles. The van der Waals surface area contributed by atoms with E-state index in [1.807, 2.05) is 0 Å². The number of rotatable bonds is 5. The molecule has 0 saturated heterocycles. The largest absolute Gasteiger partial charge is 0.468 e. The van der Waals surface area contributed by atoms with E-state index in [1.165, 1.54) is 0 Å². The zero-order valence-electron chi connectivity index (χ0n) is 15.6. The van der Waals surface area contributed by atoms with Crippen LogP contribution in [-0.2, 0) is 16.0 Å². The first-order valence-electron chi connectivity index (χ1n) is 8.39. The van der Waals surface area contributed by atoms with Crippen LogP contribution in [0.2, 0.25) is 0 Å². The van der Waals surface area contributed by atoms with Gasteiger partial charge in [-0.2, -0.15) is 0 Å². The Labute approximate surface area is 155 Å². The topological polar surface area (TPSA) is 29.5 Å². The Morgan fingerprint density at radius 3 is 2.11 bits per heavy atom. The van der Waals surface area contributed by atoms with Gasteiger partial charge >= 0.3 is 16.2 Å². The highest BCUT2D eigenvalue weighted by molar-refractivity contribution is 8.48. The van der Waals surface area contributed by atoms with E-state index >= 15 is 0 Å². The molecule has 0 N–H and O–H groups in total. The zero-order chi connectivity index (χ0) is 20.7. The second kappa shape index (κ2) is 6.20. The molecule has 27 heavy (non-hydrogen) atoms. The van der Waals surface area contributed by atoms with Gasteiger partial charge in [-0.05, 0) is 44.7 Å². The van der Waals surface area contributed by atoms with Gasteiger partial charge in [-0.3, -0.25) is 4.90 Å². The van der Waals surface area contributed by atoms with Gasteiger partial charge in [0.1, 0.15) is 6.04 Å². The summed E-state index contributed by atoms with van der Waals surface area (Å²) in [6.45, 7) is 3.69. The molecule has 9 heteroatoms. The van der Waals surface area contributed by atoms with E-state index in [4.69, 9.17) is 0 Å². The molecule has 1 atom stereocenters. The van der Waals surface area contributed by atoms with Crippen LogP contribution in [0.25, 0.3) is 0 Å². The molecule has 154 valence electrons. The molecule has 2 rings (SSSR count). The lowest BCUT2D eigenvalue weighted by Crippen LogP contribution is -2.50. The van der Waals surface area contributed by atoms with Crippen LogP contribution in [0.4, 0.5) is 19.4 Å². The Kier molecular flexibility index (Phi) is 4.98. The lowest BCUT2D eigenvalue weighted by molar-refractivity contribution is -0.146. The molecule has 0 bridgehead atoms. The standard InChI is InChI=1S/C18H24F5NO2S/c1-18(2,3)24-12-15(27(19,20,21,22)23)14(16(24)17(25)26-4)11-10-13-8-6-5-7-9-13/h5-9,16H,10-12H2,1-4H3. The van der Waals surface area contributed by atoms with Crippen molar-refractivity contribution in [1.29, 1.82) is 0 Å². The summed E-state index contributed by atoms with van der Waals surface area (Å²) in [5, 5.41) is 0. The fraction of sp³-hybridized carbons (Fsp3) is 0.500. The highest BCUT2D eigenvalue weighted by Gasteiger charge is 2.70. The van der Waals surface area contributed by atoms with Gasteiger partial charge in [0.05, 0.1) is 12.0 Å². The van der Waals surface area contributed by atoms with E-state index in [9.17, 15) is 24.2 Å². The quantitative estimate of drug-likeness (QED) is 0.450. The number of benzene rings is 1. The van der Waals surface area contributed by atoms with Gasteiger partial charge in [0.15, 0.2) is 0 Å². The van der Waals surface area contributed by atoms with Crippen LogP contribution in [-0.4, -0.2) is 36.1 Å². The Hall–Kier alpha value is -1.61. The first-order chi connectivity index (χ1) is 12.0. The monoisotopic (exact) mass is 413 g/mol. The summed E-state index contributed by atoms with van der Waals surface area (Å²) in [5.41, 5.74) is -0.842. The summed E-state index contributed by atoms with van der Waals surface area (Å²) >= 11 is 0. The Morgan fingerprint density at radius 1 is 1.11 bits per heavy atom. The number of ether oxygens (including phenoxy) is 1. The lowest BCUT2D eigenvalue weighted by atomic mass is 9.97. The second-order valence-electron chi connectivity index (χ2n) is 7.63. The van der Waals surface area contributed by atoms with E-state index in [-0.39, 0.29) is 12.8 Å². The van der Waals surface area contributed by atoms with Crippen LogP contribution in [0, 0.1) is 0 Å². The van der Waals surface area contributed by atoms with Crippen LogP contribution < -0.4 is 0 Å². The first kappa shape index (κ1) is 21.7. The Morgan fingerprint density at radius 2 is 1.67 bits per heavy atom. The number of hydrogen-bond donors (Lipinski definition) is 0. The number of halogens is 5. The maximum absolute atomic E-state index is 13.8. The van der Waals surface area contributed by atoms with E-state index < -0.39 is 44.8 Å². The minimum Gasteiger partial charge on any atom is -0.468 e. The predicted octanol–water partition coefficient (Wildman–Crippen LogP) is 5.83. The maximum atomic E-state index is 13.8. The van der Waals surface area contributed by atoms with Gasteiger partial charge in [0, 0.05) is 12.1 Å². The summed E-state index contributed by atoms with van der Waals surface area (Å²) in [7, 11) is -8.91. The van der Waals surface area contributed by atoms with Crippen molar-refractivity contribution < 1.29 is 29.0 Å². The van der Waals surface area contributed by atoms with Crippen molar-refractivity contribution in [3.05, 3.63) is 46.4 Å². The van der Waals surface area contributed by atoms with Gasteiger partial charge in [-0.25, -0.2) is 4.79 Å². The van der Waals surface area contributed by atoms with Crippen molar-refractivity contribution in [2.24, 2.45) is 0 Å². The molecular formula is C18H24F5NO2S. The summed E-state index contributed by atoms with van der Waals surface area (Å²) in [5.74, 6) is -0.968. The molecule has 0 spiro atoms. The Bertz CT molecular complexity index is 754. The van der Waals surface area contributed by atoms with E-state index in [0.717, 1.165) is 12.0 Å². The van der Waals surface area contributed by atoms with E-state index in [2.05, 4.69) is 4.74 Å². The smallest absolute Gasteiger partial charge is 0.327 e. The molecule has 0 fully saturated rings. The van der Waals surface area contributed by atoms with Crippen LogP contribution in [0.1, 0.15) is 32.8 Å². The van der Waals surface area contributed by atoms with E-state index in [0.29, 0.717) is 5.56 Å². The van der Waals surface area contributed by atoms with Gasteiger partial charge in [-0.15, -0.1) is 0 Å². The molecule has 3 nitrogen and oxygen atoms in total. The number of carbonyl (C=O) groups is 1. The van der Waals surface area contributed by atoms with Gasteiger partial charge < -0.3 is 4.74 Å². The van der Waals surface area contributed by atoms with E-state index in [1.54, 1.807) is 51.1 Å². The fourth-order valence-electron chi connectivity index (χ4n) is 3.26. The number of methoxy groups -OCH3 is 1. The second-order valence-corrected chi connectivity index (χ2v) is 10.1. The highest BCUT2D eigenvalue weighted by atomic mass is 32.5. The molecule has 1 aliphatic rings. The summed E-state index contributed by atoms with van der Waals surface area (Å²) in [4.78, 5) is 11.5. The molecule has 1 heterocycles. The third-order valence-corrected chi connectivity index (χ3v) is 5.91. The molecular weight excluding hydrogens is 389 g/mol. The predicted molar refractivity (Wildman–Crippen MR) is 97.2 cm³/mol. The molecule has 1 unspecified atom stereocenters. The average molecular weight is 413 g/mol. The van der Waals surface area contributed by atoms with Crippen LogP contribution >= 0.6 is 10.2 Å². The van der Waals surface area contributed by atoms with Crippen LogP contribution in [0.5, 0.6) is 0 Å². The molecule has 1 aromatic carbocycles. The third kappa shape index (κ3) is 5.01. The van der Waals surface area contributed by atoms with Crippen molar-refractivity contribution in [3.8, 4) is 0 Å². The van der Waals surface area contributed by atoms with Gasteiger partial charge in [-0.1, -0.05) is 49.8 Å². The third-order valence-electron chi connectivity index (χ3n) is 4.59. The minimum absolute atomic E-state index is 0.110. The van der Waals surface area contributed by atoms with Crippen molar-refractivity contribution in [2.45, 2.75) is 45.2 Å². The number of esters is 1. The van der Waals surface area contributed by atoms with Crippen LogP contribution in [0.3, 0.4) is 0 Å². The number of nitrogens with zero attached hydrogens (tertiary/aromatic N) is 1. The SMILES string of the molecule is COC(=O)C1C(CCc2ccccc2)=C(S(F)(F)(F)(F)F)CN1C(C)(C)C. The van der Waals surface area contributed by atoms with Crippen molar-refractivity contribution in [2.75, 3.05) is 13.7 Å². The van der Waals surface area contributed by atoms with Crippen molar-refractivity contribution in [3.63, 3.8) is 0 Å². The first-order valence-corrected chi connectivity index (χ1v) is 10.3. The lowest BCUT2D eigenvalue weighted by Gasteiger charge is -2.43. The normalized spacial score (nSPS) is 21.7. The number of carbonyl (C=O) groups excluding carboxylic acids is 1. The van der Waals surface area contributed by atoms with Crippen molar-refractivity contribution >= 4 is 16.2 Å². The fourth-order valence-corrected chi connectivity index (χ4v) is 4.36. The number of hydrogen-bond acceptors (Lipinski definition) is 3. The van der Waals surface area contributed by atoms with Gasteiger partial charge in [0.25, 0.3) is 0 Å².